The molecule has 0 saturated heterocycles. The minimum Gasteiger partial charge on any atom is -0.480 e. The predicted molar refractivity (Wildman–Crippen MR) is 86.3 cm³/mol. The number of nitrogens with one attached hydrogen (secondary N) is 1. The first-order valence-electron chi connectivity index (χ1n) is 6.98. The number of carbonyl (C=O) groups is 1. The number of hydrogen-bond acceptors (Lipinski definition) is 3. The average molecular weight is 295 g/mol. The second kappa shape index (κ2) is 7.70. The summed E-state index contributed by atoms with van der Waals surface area (Å²) in [4.78, 5) is 11.4. The molecule has 20 heavy (non-hydrogen) atoms. The molecule has 0 bridgehead atoms. The van der Waals surface area contributed by atoms with E-state index in [2.05, 4.69) is 24.4 Å². The Morgan fingerprint density at radius 2 is 2.05 bits per heavy atom. The van der Waals surface area contributed by atoms with E-state index in [0.717, 1.165) is 11.5 Å². The van der Waals surface area contributed by atoms with Crippen LogP contribution in [0.2, 0.25) is 0 Å². The largest absolute Gasteiger partial charge is 0.480 e. The van der Waals surface area contributed by atoms with Gasteiger partial charge in [-0.3, -0.25) is 10.1 Å². The molecule has 0 saturated carbocycles. The summed E-state index contributed by atoms with van der Waals surface area (Å²) in [6.45, 7) is 7.82. The third-order valence-corrected chi connectivity index (χ3v) is 4.35. The molecule has 0 amide bonds. The molecule has 0 spiro atoms. The summed E-state index contributed by atoms with van der Waals surface area (Å²) in [6.07, 6.45) is 0.622. The lowest BCUT2D eigenvalue weighted by Gasteiger charge is -2.28. The van der Waals surface area contributed by atoms with Gasteiger partial charge in [-0.2, -0.15) is 11.8 Å². The van der Waals surface area contributed by atoms with Gasteiger partial charge in [-0.25, -0.2) is 0 Å². The van der Waals surface area contributed by atoms with Crippen molar-refractivity contribution in [3.8, 4) is 0 Å². The second-order valence-corrected chi connectivity index (χ2v) is 6.77. The van der Waals surface area contributed by atoms with Crippen LogP contribution < -0.4 is 5.32 Å². The van der Waals surface area contributed by atoms with Crippen LogP contribution in [0.5, 0.6) is 0 Å². The summed E-state index contributed by atoms with van der Waals surface area (Å²) in [5, 5.41) is 12.5. The van der Waals surface area contributed by atoms with Crippen molar-refractivity contribution in [3.63, 3.8) is 0 Å². The van der Waals surface area contributed by atoms with E-state index in [9.17, 15) is 9.90 Å². The van der Waals surface area contributed by atoms with E-state index in [0.29, 0.717) is 6.42 Å². The van der Waals surface area contributed by atoms with Gasteiger partial charge in [-0.1, -0.05) is 24.3 Å². The van der Waals surface area contributed by atoms with Crippen molar-refractivity contribution in [1.29, 1.82) is 0 Å². The Morgan fingerprint density at radius 1 is 1.40 bits per heavy atom. The zero-order valence-corrected chi connectivity index (χ0v) is 13.6. The van der Waals surface area contributed by atoms with E-state index in [1.807, 2.05) is 26.0 Å². The van der Waals surface area contributed by atoms with E-state index >= 15 is 0 Å². The van der Waals surface area contributed by atoms with Gasteiger partial charge < -0.3 is 5.11 Å². The molecule has 4 heteroatoms. The SMILES string of the molecule is Cc1ccccc1CSCCC(C)(NC(C)C)C(=O)O. The monoisotopic (exact) mass is 295 g/mol. The summed E-state index contributed by atoms with van der Waals surface area (Å²) >= 11 is 1.79. The zero-order chi connectivity index (χ0) is 15.2. The Bertz CT molecular complexity index is 448. The molecule has 0 aromatic heterocycles. The molecule has 2 N–H and O–H groups in total. The van der Waals surface area contributed by atoms with Gasteiger partial charge in [0.1, 0.15) is 5.54 Å². The number of benzene rings is 1. The van der Waals surface area contributed by atoms with Gasteiger partial charge in [0.05, 0.1) is 0 Å². The summed E-state index contributed by atoms with van der Waals surface area (Å²) in [5.41, 5.74) is 1.78. The van der Waals surface area contributed by atoms with Gasteiger partial charge in [-0.15, -0.1) is 0 Å². The van der Waals surface area contributed by atoms with Gasteiger partial charge in [0.2, 0.25) is 0 Å². The fraction of sp³-hybridized carbons (Fsp3) is 0.562. The maximum Gasteiger partial charge on any atom is 0.323 e. The molecule has 1 atom stereocenters. The Hall–Kier alpha value is -1.00. The van der Waals surface area contributed by atoms with Gasteiger partial charge in [0, 0.05) is 11.8 Å². The molecule has 1 aromatic carbocycles. The van der Waals surface area contributed by atoms with Crippen molar-refractivity contribution < 1.29 is 9.90 Å². The quantitative estimate of drug-likeness (QED) is 0.721. The maximum absolute atomic E-state index is 11.4. The van der Waals surface area contributed by atoms with Gasteiger partial charge >= 0.3 is 5.97 Å². The molecule has 112 valence electrons. The van der Waals surface area contributed by atoms with Crippen molar-refractivity contribution in [2.45, 2.75) is 51.4 Å². The van der Waals surface area contributed by atoms with Gasteiger partial charge in [0.15, 0.2) is 0 Å². The molecule has 0 aliphatic carbocycles. The molecule has 1 rings (SSSR count). The number of carboxylic acid groups (broad SMARTS) is 1. The van der Waals surface area contributed by atoms with Crippen molar-refractivity contribution in [3.05, 3.63) is 35.4 Å². The third kappa shape index (κ3) is 5.17. The summed E-state index contributed by atoms with van der Waals surface area (Å²) < 4.78 is 0. The normalized spacial score (nSPS) is 14.2. The average Bonchev–Trinajstić information content (AvgIpc) is 2.35. The standard InChI is InChI=1S/C16H25NO2S/c1-12(2)17-16(4,15(18)19)9-10-20-11-14-8-6-5-7-13(14)3/h5-8,12,17H,9-11H2,1-4H3,(H,18,19). The van der Waals surface area contributed by atoms with Crippen molar-refractivity contribution in [1.82, 2.24) is 5.32 Å². The second-order valence-electron chi connectivity index (χ2n) is 5.67. The molecule has 0 radical (unpaired) electrons. The van der Waals surface area contributed by atoms with E-state index in [1.165, 1.54) is 11.1 Å². The van der Waals surface area contributed by atoms with Crippen molar-refractivity contribution in [2.75, 3.05) is 5.75 Å². The molecule has 0 aliphatic heterocycles. The summed E-state index contributed by atoms with van der Waals surface area (Å²) in [7, 11) is 0. The van der Waals surface area contributed by atoms with Crippen LogP contribution in [0.15, 0.2) is 24.3 Å². The highest BCUT2D eigenvalue weighted by Crippen LogP contribution is 2.20. The smallest absolute Gasteiger partial charge is 0.323 e. The van der Waals surface area contributed by atoms with Crippen molar-refractivity contribution >= 4 is 17.7 Å². The molecular formula is C16H25NO2S. The highest BCUT2D eigenvalue weighted by atomic mass is 32.2. The Morgan fingerprint density at radius 3 is 2.60 bits per heavy atom. The van der Waals surface area contributed by atoms with Crippen LogP contribution in [-0.4, -0.2) is 28.4 Å². The summed E-state index contributed by atoms with van der Waals surface area (Å²) in [5.74, 6) is 0.990. The van der Waals surface area contributed by atoms with Gasteiger partial charge in [-0.05, 0) is 51.0 Å². The lowest BCUT2D eigenvalue weighted by Crippen LogP contribution is -2.52. The van der Waals surface area contributed by atoms with E-state index in [1.54, 1.807) is 18.7 Å². The lowest BCUT2D eigenvalue weighted by atomic mass is 9.98. The Labute approximate surface area is 126 Å². The van der Waals surface area contributed by atoms with Crippen LogP contribution in [0.1, 0.15) is 38.3 Å². The Kier molecular flexibility index (Phi) is 6.56. The van der Waals surface area contributed by atoms with Crippen LogP contribution in [0.25, 0.3) is 0 Å². The summed E-state index contributed by atoms with van der Waals surface area (Å²) in [6, 6.07) is 8.49. The minimum absolute atomic E-state index is 0.164. The highest BCUT2D eigenvalue weighted by Gasteiger charge is 2.32. The number of carboxylic acids is 1. The first-order chi connectivity index (χ1) is 9.35. The molecule has 1 aromatic rings. The third-order valence-electron chi connectivity index (χ3n) is 3.34. The molecule has 3 nitrogen and oxygen atoms in total. The highest BCUT2D eigenvalue weighted by molar-refractivity contribution is 7.98. The van der Waals surface area contributed by atoms with Crippen LogP contribution in [0, 0.1) is 6.92 Å². The predicted octanol–water partition coefficient (Wildman–Crippen LogP) is 3.46. The van der Waals surface area contributed by atoms with E-state index < -0.39 is 11.5 Å². The number of aliphatic carboxylic acids is 1. The van der Waals surface area contributed by atoms with Crippen molar-refractivity contribution in [2.24, 2.45) is 0 Å². The molecule has 0 heterocycles. The molecule has 0 fully saturated rings. The van der Waals surface area contributed by atoms with E-state index in [-0.39, 0.29) is 6.04 Å². The van der Waals surface area contributed by atoms with Crippen LogP contribution >= 0.6 is 11.8 Å². The minimum atomic E-state index is -0.840. The van der Waals surface area contributed by atoms with Crippen LogP contribution in [0.4, 0.5) is 0 Å². The van der Waals surface area contributed by atoms with Crippen LogP contribution in [-0.2, 0) is 10.5 Å². The fourth-order valence-corrected chi connectivity index (χ4v) is 3.35. The number of aryl methyl sites for hydroxylation is 1. The first kappa shape index (κ1) is 17.1. The van der Waals surface area contributed by atoms with Crippen LogP contribution in [0.3, 0.4) is 0 Å². The lowest BCUT2D eigenvalue weighted by molar-refractivity contribution is -0.144. The molecule has 0 aliphatic rings. The molecular weight excluding hydrogens is 270 g/mol. The number of rotatable bonds is 8. The number of thioether (sulfide) groups is 1. The van der Waals surface area contributed by atoms with E-state index in [4.69, 9.17) is 0 Å². The molecule has 1 unspecified atom stereocenters. The topological polar surface area (TPSA) is 49.3 Å². The first-order valence-corrected chi connectivity index (χ1v) is 8.14. The Balaban J connectivity index is 2.46. The zero-order valence-electron chi connectivity index (χ0n) is 12.8. The maximum atomic E-state index is 11.4. The van der Waals surface area contributed by atoms with Gasteiger partial charge in [0.25, 0.3) is 0 Å². The fourth-order valence-electron chi connectivity index (χ4n) is 2.11. The number of hydrogen-bond donors (Lipinski definition) is 2.